The number of hydrogen-bond donors (Lipinski definition) is 1. The summed E-state index contributed by atoms with van der Waals surface area (Å²) in [4.78, 5) is 10.7. The van der Waals surface area contributed by atoms with Gasteiger partial charge in [0.2, 0.25) is 0 Å². The van der Waals surface area contributed by atoms with Crippen molar-refractivity contribution < 1.29 is 33.2 Å². The fourth-order valence-electron chi connectivity index (χ4n) is 1.32. The first-order chi connectivity index (χ1) is 11.3. The third-order valence-electron chi connectivity index (χ3n) is 2.38. The van der Waals surface area contributed by atoms with Crippen molar-refractivity contribution in [2.45, 2.75) is 0 Å². The topological polar surface area (TPSA) is 98.5 Å². The number of carbonyl (C=O) groups excluding carboxylic acids is 1. The van der Waals surface area contributed by atoms with Gasteiger partial charge in [-0.2, -0.15) is 0 Å². The Labute approximate surface area is 137 Å². The minimum atomic E-state index is -0.435. The highest BCUT2D eigenvalue weighted by atomic mass is 16.6. The minimum absolute atomic E-state index is 0.114. The fraction of sp³-hybridized carbons (Fsp3) is 0.800. The largest absolute Gasteiger partial charge is 0.462 e. The molecule has 0 atom stereocenters. The van der Waals surface area contributed by atoms with Crippen molar-refractivity contribution in [3.8, 4) is 0 Å². The van der Waals surface area contributed by atoms with Gasteiger partial charge in [0.15, 0.2) is 0 Å². The van der Waals surface area contributed by atoms with E-state index in [2.05, 4.69) is 6.58 Å². The summed E-state index contributed by atoms with van der Waals surface area (Å²) in [6.07, 6.45) is 1.70. The molecule has 0 heterocycles. The molecule has 136 valence electrons. The molecule has 0 fully saturated rings. The van der Waals surface area contributed by atoms with Crippen molar-refractivity contribution in [3.05, 3.63) is 12.7 Å². The van der Waals surface area contributed by atoms with Gasteiger partial charge in [-0.1, -0.05) is 6.08 Å². The monoisotopic (exact) mass is 335 g/mol. The van der Waals surface area contributed by atoms with Crippen LogP contribution in [0.15, 0.2) is 12.7 Å². The molecule has 0 bridgehead atoms. The standard InChI is InChI=1S/C15H29NO7/c1-2-3-18-4-5-19-6-7-20-8-9-21-10-11-22-12-13-23-15(17)14-16/h2H,1,3-14,16H2. The van der Waals surface area contributed by atoms with E-state index >= 15 is 0 Å². The molecule has 0 unspecified atom stereocenters. The van der Waals surface area contributed by atoms with Gasteiger partial charge in [-0.25, -0.2) is 0 Å². The number of carbonyl (C=O) groups is 1. The van der Waals surface area contributed by atoms with E-state index in [9.17, 15) is 4.79 Å². The third kappa shape index (κ3) is 18.9. The molecule has 0 aromatic heterocycles. The van der Waals surface area contributed by atoms with Crippen LogP contribution in [0.3, 0.4) is 0 Å². The maximum atomic E-state index is 10.7. The molecule has 0 aromatic carbocycles. The Bertz CT molecular complexity index is 277. The van der Waals surface area contributed by atoms with Crippen molar-refractivity contribution in [1.29, 1.82) is 0 Å². The zero-order valence-corrected chi connectivity index (χ0v) is 13.7. The van der Waals surface area contributed by atoms with Crippen molar-refractivity contribution in [2.24, 2.45) is 5.73 Å². The van der Waals surface area contributed by atoms with E-state index in [1.165, 1.54) is 0 Å². The van der Waals surface area contributed by atoms with E-state index < -0.39 is 5.97 Å². The lowest BCUT2D eigenvalue weighted by Crippen LogP contribution is -2.19. The van der Waals surface area contributed by atoms with E-state index in [0.29, 0.717) is 66.1 Å². The SMILES string of the molecule is C=CCOCCOCCOCCOCCOCCOC(=O)CN. The first kappa shape index (κ1) is 22.0. The molecule has 0 spiro atoms. The summed E-state index contributed by atoms with van der Waals surface area (Å²) in [7, 11) is 0. The maximum Gasteiger partial charge on any atom is 0.319 e. The second-order valence-electron chi connectivity index (χ2n) is 4.24. The highest BCUT2D eigenvalue weighted by Crippen LogP contribution is 1.84. The van der Waals surface area contributed by atoms with E-state index in [1.54, 1.807) is 6.08 Å². The molecule has 0 saturated carbocycles. The first-order valence-electron chi connectivity index (χ1n) is 7.66. The Hall–Kier alpha value is -1.03. The predicted octanol–water partition coefficient (Wildman–Crippen LogP) is -0.243. The zero-order chi connectivity index (χ0) is 17.0. The molecule has 0 amide bonds. The van der Waals surface area contributed by atoms with E-state index in [1.807, 2.05) is 0 Å². The zero-order valence-electron chi connectivity index (χ0n) is 13.7. The van der Waals surface area contributed by atoms with Gasteiger partial charge in [0.25, 0.3) is 0 Å². The van der Waals surface area contributed by atoms with E-state index in [-0.39, 0.29) is 13.2 Å². The van der Waals surface area contributed by atoms with Gasteiger partial charge in [0.1, 0.15) is 6.61 Å². The average molecular weight is 335 g/mol. The molecular weight excluding hydrogens is 306 g/mol. The van der Waals surface area contributed by atoms with Gasteiger partial charge >= 0.3 is 5.97 Å². The molecule has 2 N–H and O–H groups in total. The number of rotatable bonds is 18. The smallest absolute Gasteiger partial charge is 0.319 e. The highest BCUT2D eigenvalue weighted by Gasteiger charge is 1.97. The molecule has 0 aliphatic rings. The number of hydrogen-bond acceptors (Lipinski definition) is 8. The Morgan fingerprint density at radius 1 is 0.739 bits per heavy atom. The highest BCUT2D eigenvalue weighted by molar-refractivity contribution is 5.71. The fourth-order valence-corrected chi connectivity index (χ4v) is 1.32. The molecular formula is C15H29NO7. The molecule has 0 aliphatic carbocycles. The van der Waals surface area contributed by atoms with Crippen molar-refractivity contribution >= 4 is 5.97 Å². The van der Waals surface area contributed by atoms with Gasteiger partial charge in [-0.05, 0) is 0 Å². The lowest BCUT2D eigenvalue weighted by molar-refractivity contribution is -0.143. The summed E-state index contributed by atoms with van der Waals surface area (Å²) >= 11 is 0. The summed E-state index contributed by atoms with van der Waals surface area (Å²) in [5.41, 5.74) is 5.08. The number of esters is 1. The number of ether oxygens (including phenoxy) is 6. The lowest BCUT2D eigenvalue weighted by Gasteiger charge is -2.08. The van der Waals surface area contributed by atoms with Crippen LogP contribution in [0, 0.1) is 0 Å². The molecule has 0 aromatic rings. The molecule has 8 heteroatoms. The summed E-state index contributed by atoms with van der Waals surface area (Å²) in [6.45, 7) is 8.57. The molecule has 0 saturated heterocycles. The first-order valence-corrected chi connectivity index (χ1v) is 7.66. The van der Waals surface area contributed by atoms with Gasteiger partial charge in [-0.3, -0.25) is 4.79 Å². The minimum Gasteiger partial charge on any atom is -0.462 e. The van der Waals surface area contributed by atoms with Crippen LogP contribution in [0.2, 0.25) is 0 Å². The normalized spacial score (nSPS) is 10.7. The van der Waals surface area contributed by atoms with E-state index in [0.717, 1.165) is 0 Å². The predicted molar refractivity (Wildman–Crippen MR) is 84.3 cm³/mol. The summed E-state index contributed by atoms with van der Waals surface area (Å²) in [6, 6.07) is 0. The maximum absolute atomic E-state index is 10.7. The van der Waals surface area contributed by atoms with Crippen LogP contribution in [0.4, 0.5) is 0 Å². The summed E-state index contributed by atoms with van der Waals surface area (Å²) in [5, 5.41) is 0. The van der Waals surface area contributed by atoms with Gasteiger partial charge in [0.05, 0.1) is 72.6 Å². The van der Waals surface area contributed by atoms with Crippen LogP contribution in [0.1, 0.15) is 0 Å². The van der Waals surface area contributed by atoms with Crippen LogP contribution in [-0.4, -0.2) is 85.2 Å². The van der Waals surface area contributed by atoms with Crippen molar-refractivity contribution in [3.63, 3.8) is 0 Å². The van der Waals surface area contributed by atoms with Gasteiger partial charge in [-0.15, -0.1) is 6.58 Å². The van der Waals surface area contributed by atoms with Gasteiger partial charge < -0.3 is 34.2 Å². The molecule has 0 rings (SSSR count). The summed E-state index contributed by atoms with van der Waals surface area (Å²) < 4.78 is 31.0. The van der Waals surface area contributed by atoms with E-state index in [4.69, 9.17) is 34.2 Å². The molecule has 0 aliphatic heterocycles. The van der Waals surface area contributed by atoms with Crippen molar-refractivity contribution in [1.82, 2.24) is 0 Å². The van der Waals surface area contributed by atoms with Crippen LogP contribution < -0.4 is 5.73 Å². The Morgan fingerprint density at radius 3 is 1.52 bits per heavy atom. The van der Waals surface area contributed by atoms with Gasteiger partial charge in [0, 0.05) is 0 Å². The van der Waals surface area contributed by atoms with Crippen LogP contribution in [-0.2, 0) is 33.2 Å². The molecule has 23 heavy (non-hydrogen) atoms. The summed E-state index contributed by atoms with van der Waals surface area (Å²) in [5.74, 6) is -0.435. The molecule has 8 nitrogen and oxygen atoms in total. The third-order valence-corrected chi connectivity index (χ3v) is 2.38. The second-order valence-corrected chi connectivity index (χ2v) is 4.24. The Kier molecular flexibility index (Phi) is 18.2. The quantitative estimate of drug-likeness (QED) is 0.208. The van der Waals surface area contributed by atoms with Crippen LogP contribution in [0.25, 0.3) is 0 Å². The lowest BCUT2D eigenvalue weighted by atomic mass is 10.6. The van der Waals surface area contributed by atoms with Crippen LogP contribution in [0.5, 0.6) is 0 Å². The average Bonchev–Trinajstić information content (AvgIpc) is 2.57. The van der Waals surface area contributed by atoms with Crippen LogP contribution >= 0.6 is 0 Å². The molecule has 0 radical (unpaired) electrons. The second kappa shape index (κ2) is 19.0. The number of nitrogens with two attached hydrogens (primary N) is 1. The Morgan fingerprint density at radius 2 is 1.13 bits per heavy atom. The van der Waals surface area contributed by atoms with Crippen molar-refractivity contribution in [2.75, 3.05) is 79.2 Å². The Balaban J connectivity index is 3.00.